The highest BCUT2D eigenvalue weighted by Gasteiger charge is 2.18. The first kappa shape index (κ1) is 17.7. The van der Waals surface area contributed by atoms with Crippen molar-refractivity contribution < 1.29 is 22.7 Å². The second-order valence-corrected chi connectivity index (χ2v) is 6.94. The Balaban J connectivity index is 1.81. The molecule has 0 aromatic heterocycles. The highest BCUT2D eigenvalue weighted by molar-refractivity contribution is 7.89. The molecule has 0 aliphatic carbocycles. The summed E-state index contributed by atoms with van der Waals surface area (Å²) in [7, 11) is -3.72. The molecule has 8 heteroatoms. The highest BCUT2D eigenvalue weighted by atomic mass is 32.2. The van der Waals surface area contributed by atoms with Crippen molar-refractivity contribution in [3.8, 4) is 5.75 Å². The second-order valence-electron chi connectivity index (χ2n) is 5.17. The fourth-order valence-corrected chi connectivity index (χ4v) is 3.20. The maximum atomic E-state index is 12.1. The second kappa shape index (κ2) is 8.28. The Kier molecular flexibility index (Phi) is 6.37. The molecular formula is C15H22N2O5S. The molecule has 23 heavy (non-hydrogen) atoms. The zero-order chi connectivity index (χ0) is 16.7. The van der Waals surface area contributed by atoms with Crippen LogP contribution in [0.25, 0.3) is 0 Å². The molecule has 2 N–H and O–H groups in total. The maximum Gasteiger partial charge on any atom is 0.241 e. The Morgan fingerprint density at radius 3 is 2.70 bits per heavy atom. The molecule has 1 atom stereocenters. The molecule has 7 nitrogen and oxygen atoms in total. The number of amides is 1. The van der Waals surface area contributed by atoms with E-state index >= 15 is 0 Å². The molecule has 1 fully saturated rings. The van der Waals surface area contributed by atoms with E-state index in [1.807, 2.05) is 6.92 Å². The van der Waals surface area contributed by atoms with E-state index in [4.69, 9.17) is 9.47 Å². The molecule has 1 aliphatic heterocycles. The van der Waals surface area contributed by atoms with Crippen LogP contribution in [0.15, 0.2) is 29.2 Å². The fourth-order valence-electron chi connectivity index (χ4n) is 2.22. The van der Waals surface area contributed by atoms with Crippen LogP contribution in [0.4, 0.5) is 0 Å². The van der Waals surface area contributed by atoms with Gasteiger partial charge in [0.1, 0.15) is 5.75 Å². The van der Waals surface area contributed by atoms with Crippen LogP contribution in [0.5, 0.6) is 5.75 Å². The average Bonchev–Trinajstić information content (AvgIpc) is 3.05. The van der Waals surface area contributed by atoms with Crippen molar-refractivity contribution in [1.82, 2.24) is 10.0 Å². The van der Waals surface area contributed by atoms with Gasteiger partial charge >= 0.3 is 0 Å². The van der Waals surface area contributed by atoms with E-state index in [2.05, 4.69) is 10.0 Å². The summed E-state index contributed by atoms with van der Waals surface area (Å²) in [4.78, 5) is 11.8. The average molecular weight is 342 g/mol. The molecule has 1 aromatic carbocycles. The van der Waals surface area contributed by atoms with Gasteiger partial charge in [0.2, 0.25) is 15.9 Å². The number of rotatable bonds is 8. The minimum atomic E-state index is -3.72. The Labute approximate surface area is 136 Å². The number of nitrogens with one attached hydrogen (secondary N) is 2. The van der Waals surface area contributed by atoms with Crippen molar-refractivity contribution in [2.75, 3.05) is 26.3 Å². The Bertz CT molecular complexity index is 609. The lowest BCUT2D eigenvalue weighted by Gasteiger charge is -2.11. The number of carbonyl (C=O) groups is 1. The van der Waals surface area contributed by atoms with Crippen LogP contribution in [0.2, 0.25) is 0 Å². The largest absolute Gasteiger partial charge is 0.494 e. The molecule has 0 saturated carbocycles. The molecule has 128 valence electrons. The van der Waals surface area contributed by atoms with Crippen LogP contribution < -0.4 is 14.8 Å². The Morgan fingerprint density at radius 2 is 2.09 bits per heavy atom. The maximum absolute atomic E-state index is 12.1. The zero-order valence-electron chi connectivity index (χ0n) is 13.1. The van der Waals surface area contributed by atoms with Crippen LogP contribution in [-0.4, -0.2) is 46.7 Å². The van der Waals surface area contributed by atoms with Gasteiger partial charge in [-0.05, 0) is 44.0 Å². The van der Waals surface area contributed by atoms with Crippen LogP contribution in [0.3, 0.4) is 0 Å². The van der Waals surface area contributed by atoms with Gasteiger partial charge in [-0.2, -0.15) is 0 Å². The molecule has 1 aromatic rings. The van der Waals surface area contributed by atoms with Crippen molar-refractivity contribution in [2.24, 2.45) is 0 Å². The van der Waals surface area contributed by atoms with E-state index in [9.17, 15) is 13.2 Å². The van der Waals surface area contributed by atoms with Gasteiger partial charge < -0.3 is 14.8 Å². The summed E-state index contributed by atoms with van der Waals surface area (Å²) in [5.41, 5.74) is 0. The van der Waals surface area contributed by atoms with Crippen molar-refractivity contribution in [3.05, 3.63) is 24.3 Å². The summed E-state index contributed by atoms with van der Waals surface area (Å²) in [6.07, 6.45) is 1.94. The van der Waals surface area contributed by atoms with Crippen molar-refractivity contribution in [2.45, 2.75) is 30.8 Å². The van der Waals surface area contributed by atoms with Gasteiger partial charge in [-0.3, -0.25) is 4.79 Å². The normalized spacial score (nSPS) is 17.9. The topological polar surface area (TPSA) is 93.7 Å². The fraction of sp³-hybridized carbons (Fsp3) is 0.533. The summed E-state index contributed by atoms with van der Waals surface area (Å²) < 4.78 is 37.1. The summed E-state index contributed by atoms with van der Waals surface area (Å²) in [5, 5.41) is 2.66. The molecule has 1 heterocycles. The molecule has 0 bridgehead atoms. The third kappa shape index (κ3) is 5.49. The van der Waals surface area contributed by atoms with Gasteiger partial charge in [-0.15, -0.1) is 0 Å². The molecule has 1 amide bonds. The van der Waals surface area contributed by atoms with Crippen LogP contribution in [0, 0.1) is 0 Å². The summed E-state index contributed by atoms with van der Waals surface area (Å²) in [6, 6.07) is 6.04. The third-order valence-corrected chi connectivity index (χ3v) is 4.84. The van der Waals surface area contributed by atoms with Gasteiger partial charge in [0.15, 0.2) is 0 Å². The van der Waals surface area contributed by atoms with E-state index in [0.29, 0.717) is 25.5 Å². The SMILES string of the molecule is CCOc1ccc(S(=O)(=O)NCC(=O)NCC2CCCO2)cc1. The lowest BCUT2D eigenvalue weighted by atomic mass is 10.2. The van der Waals surface area contributed by atoms with Crippen molar-refractivity contribution in [1.29, 1.82) is 0 Å². The third-order valence-electron chi connectivity index (χ3n) is 3.42. The molecule has 0 radical (unpaired) electrons. The van der Waals surface area contributed by atoms with Crippen LogP contribution in [-0.2, 0) is 19.6 Å². The number of carbonyl (C=O) groups excluding carboxylic acids is 1. The van der Waals surface area contributed by atoms with Crippen molar-refractivity contribution in [3.63, 3.8) is 0 Å². The minimum Gasteiger partial charge on any atom is -0.494 e. The minimum absolute atomic E-state index is 0.0293. The lowest BCUT2D eigenvalue weighted by molar-refractivity contribution is -0.120. The number of benzene rings is 1. The van der Waals surface area contributed by atoms with Crippen molar-refractivity contribution >= 4 is 15.9 Å². The van der Waals surface area contributed by atoms with Gasteiger partial charge in [0.05, 0.1) is 24.2 Å². The number of hydrogen-bond acceptors (Lipinski definition) is 5. The predicted molar refractivity (Wildman–Crippen MR) is 84.8 cm³/mol. The molecule has 1 aliphatic rings. The van der Waals surface area contributed by atoms with E-state index in [1.54, 1.807) is 12.1 Å². The molecule has 0 spiro atoms. The van der Waals surface area contributed by atoms with Crippen LogP contribution in [0.1, 0.15) is 19.8 Å². The lowest BCUT2D eigenvalue weighted by Crippen LogP contribution is -2.39. The first-order chi connectivity index (χ1) is 11.0. The standard InChI is InChI=1S/C15H22N2O5S/c1-2-21-12-5-7-14(8-6-12)23(19,20)17-11-15(18)16-10-13-4-3-9-22-13/h5-8,13,17H,2-4,9-11H2,1H3,(H,16,18). The Morgan fingerprint density at radius 1 is 1.35 bits per heavy atom. The van der Waals surface area contributed by atoms with E-state index in [1.165, 1.54) is 12.1 Å². The highest BCUT2D eigenvalue weighted by Crippen LogP contribution is 2.15. The zero-order valence-corrected chi connectivity index (χ0v) is 13.9. The quantitative estimate of drug-likeness (QED) is 0.724. The number of ether oxygens (including phenoxy) is 2. The summed E-state index contributed by atoms with van der Waals surface area (Å²) >= 11 is 0. The molecule has 2 rings (SSSR count). The van der Waals surface area contributed by atoms with E-state index < -0.39 is 10.0 Å². The first-order valence-electron chi connectivity index (χ1n) is 7.62. The number of hydrogen-bond donors (Lipinski definition) is 2. The van der Waals surface area contributed by atoms with E-state index in [0.717, 1.165) is 12.8 Å². The molecule has 1 unspecified atom stereocenters. The Hall–Kier alpha value is -1.64. The van der Waals surface area contributed by atoms with E-state index in [-0.39, 0.29) is 23.5 Å². The summed E-state index contributed by atoms with van der Waals surface area (Å²) in [5.74, 6) is 0.218. The number of sulfonamides is 1. The molecular weight excluding hydrogens is 320 g/mol. The van der Waals surface area contributed by atoms with Gasteiger partial charge in [-0.25, -0.2) is 13.1 Å². The van der Waals surface area contributed by atoms with Gasteiger partial charge in [0.25, 0.3) is 0 Å². The van der Waals surface area contributed by atoms with Gasteiger partial charge in [-0.1, -0.05) is 0 Å². The van der Waals surface area contributed by atoms with Gasteiger partial charge in [0, 0.05) is 13.2 Å². The summed E-state index contributed by atoms with van der Waals surface area (Å²) in [6.45, 7) is 3.17. The predicted octanol–water partition coefficient (Wildman–Crippen LogP) is 0.659. The smallest absolute Gasteiger partial charge is 0.241 e. The first-order valence-corrected chi connectivity index (χ1v) is 9.10. The molecule has 1 saturated heterocycles. The monoisotopic (exact) mass is 342 g/mol. The van der Waals surface area contributed by atoms with Crippen LogP contribution >= 0.6 is 0 Å².